The van der Waals surface area contributed by atoms with Crippen molar-refractivity contribution in [3.8, 4) is 0 Å². The summed E-state index contributed by atoms with van der Waals surface area (Å²) in [4.78, 5) is 12.2. The predicted octanol–water partition coefficient (Wildman–Crippen LogP) is 5.63. The molecule has 140 valence electrons. The van der Waals surface area contributed by atoms with Crippen LogP contribution in [0.5, 0.6) is 0 Å². The molecule has 0 aliphatic carbocycles. The number of hydrogen-bond acceptors (Lipinski definition) is 1. The minimum absolute atomic E-state index is 0.0255. The van der Waals surface area contributed by atoms with Gasteiger partial charge < -0.3 is 5.32 Å². The molecule has 0 aliphatic heterocycles. The average molecular weight is 367 g/mol. The smallest absolute Gasteiger partial charge is 0.323 e. The Morgan fingerprint density at radius 2 is 1.73 bits per heavy atom. The highest BCUT2D eigenvalue weighted by molar-refractivity contribution is 5.92. The van der Waals surface area contributed by atoms with Crippen LogP contribution in [0.25, 0.3) is 0 Å². The summed E-state index contributed by atoms with van der Waals surface area (Å²) >= 11 is 0. The maximum atomic E-state index is 14.2. The number of carbonyl (C=O) groups is 1. The highest BCUT2D eigenvalue weighted by Gasteiger charge is 2.30. The molecule has 0 saturated heterocycles. The summed E-state index contributed by atoms with van der Waals surface area (Å²) in [6.45, 7) is 7.71. The van der Waals surface area contributed by atoms with E-state index in [0.717, 1.165) is 23.3 Å². The van der Waals surface area contributed by atoms with Crippen LogP contribution < -0.4 is 5.32 Å². The van der Waals surface area contributed by atoms with Gasteiger partial charge in [0.25, 0.3) is 0 Å². The maximum absolute atomic E-state index is 14.2. The lowest BCUT2D eigenvalue weighted by molar-refractivity contribution is -0.137. The van der Waals surface area contributed by atoms with E-state index in [1.54, 1.807) is 13.0 Å². The number of halogens is 4. The fourth-order valence-corrected chi connectivity index (χ4v) is 2.81. The van der Waals surface area contributed by atoms with Gasteiger partial charge in [-0.2, -0.15) is 13.2 Å². The van der Waals surface area contributed by atoms with Crippen LogP contribution in [0, 0.1) is 12.7 Å². The lowest BCUT2D eigenvalue weighted by atomic mass is 9.84. The van der Waals surface area contributed by atoms with Gasteiger partial charge in [-0.05, 0) is 47.2 Å². The van der Waals surface area contributed by atoms with E-state index in [2.05, 4.69) is 5.32 Å². The lowest BCUT2D eigenvalue weighted by Crippen LogP contribution is -2.18. The van der Waals surface area contributed by atoms with Gasteiger partial charge in [-0.1, -0.05) is 39.0 Å². The third-order valence-electron chi connectivity index (χ3n) is 4.02. The molecule has 1 N–H and O–H groups in total. The summed E-state index contributed by atoms with van der Waals surface area (Å²) in [5.41, 5.74) is 0.829. The molecule has 1 amide bonds. The number of nitrogens with one attached hydrogen (secondary N) is 1. The van der Waals surface area contributed by atoms with Gasteiger partial charge in [0, 0.05) is 0 Å². The van der Waals surface area contributed by atoms with E-state index < -0.39 is 23.5 Å². The number of amides is 1. The maximum Gasteiger partial charge on any atom is 0.416 e. The van der Waals surface area contributed by atoms with E-state index in [1.165, 1.54) is 18.2 Å². The first kappa shape index (κ1) is 19.9. The molecule has 0 bridgehead atoms. The standard InChI is InChI=1S/C20H21F4NO/c1-12-8-16(21)17(11-15(12)19(2,3)4)25-18(26)10-13-6-5-7-14(9-13)20(22,23)24/h5-9,11H,10H2,1-4H3,(H,25,26). The highest BCUT2D eigenvalue weighted by atomic mass is 19.4. The van der Waals surface area contributed by atoms with Gasteiger partial charge in [0.1, 0.15) is 5.82 Å². The fourth-order valence-electron chi connectivity index (χ4n) is 2.81. The van der Waals surface area contributed by atoms with Crippen LogP contribution in [0.1, 0.15) is 43.0 Å². The Morgan fingerprint density at radius 1 is 1.08 bits per heavy atom. The zero-order chi connectivity index (χ0) is 19.7. The molecule has 2 rings (SSSR count). The summed E-state index contributed by atoms with van der Waals surface area (Å²) in [5.74, 6) is -1.15. The van der Waals surface area contributed by atoms with Crippen molar-refractivity contribution in [2.45, 2.75) is 45.7 Å². The Morgan fingerprint density at radius 3 is 2.31 bits per heavy atom. The van der Waals surface area contributed by atoms with E-state index in [4.69, 9.17) is 0 Å². The minimum atomic E-state index is -4.48. The first-order chi connectivity index (χ1) is 11.9. The van der Waals surface area contributed by atoms with E-state index >= 15 is 0 Å². The zero-order valence-electron chi connectivity index (χ0n) is 15.1. The summed E-state index contributed by atoms with van der Waals surface area (Å²) in [6.07, 6.45) is -4.75. The molecule has 0 heterocycles. The fraction of sp³-hybridized carbons (Fsp3) is 0.350. The zero-order valence-corrected chi connectivity index (χ0v) is 15.1. The quantitative estimate of drug-likeness (QED) is 0.700. The van der Waals surface area contributed by atoms with Gasteiger partial charge in [0.2, 0.25) is 5.91 Å². The molecule has 0 radical (unpaired) electrons. The van der Waals surface area contributed by atoms with Crippen LogP contribution in [0.15, 0.2) is 36.4 Å². The first-order valence-corrected chi connectivity index (χ1v) is 8.14. The van der Waals surface area contributed by atoms with Crippen molar-refractivity contribution in [2.75, 3.05) is 5.32 Å². The predicted molar refractivity (Wildman–Crippen MR) is 93.6 cm³/mol. The molecule has 0 atom stereocenters. The summed E-state index contributed by atoms with van der Waals surface area (Å²) in [7, 11) is 0. The molecular weight excluding hydrogens is 346 g/mol. The first-order valence-electron chi connectivity index (χ1n) is 8.14. The van der Waals surface area contributed by atoms with Crippen LogP contribution >= 0.6 is 0 Å². The third kappa shape index (κ3) is 4.84. The van der Waals surface area contributed by atoms with Gasteiger partial charge in [-0.25, -0.2) is 4.39 Å². The number of rotatable bonds is 3. The van der Waals surface area contributed by atoms with Crippen LogP contribution in [0.3, 0.4) is 0 Å². The Bertz CT molecular complexity index is 820. The van der Waals surface area contributed by atoms with Crippen molar-refractivity contribution in [3.63, 3.8) is 0 Å². The number of alkyl halides is 3. The number of anilines is 1. The van der Waals surface area contributed by atoms with E-state index in [1.807, 2.05) is 20.8 Å². The molecule has 0 aromatic heterocycles. The van der Waals surface area contributed by atoms with Crippen LogP contribution in [-0.4, -0.2) is 5.91 Å². The van der Waals surface area contributed by atoms with Crippen molar-refractivity contribution in [1.29, 1.82) is 0 Å². The molecule has 0 spiro atoms. The molecule has 0 aliphatic rings. The number of carbonyl (C=O) groups excluding carboxylic acids is 1. The topological polar surface area (TPSA) is 29.1 Å². The second kappa shape index (κ2) is 7.09. The molecule has 0 unspecified atom stereocenters. The average Bonchev–Trinajstić information content (AvgIpc) is 2.48. The molecule has 0 fully saturated rings. The molecule has 6 heteroatoms. The van der Waals surface area contributed by atoms with Crippen LogP contribution in [-0.2, 0) is 22.8 Å². The molecule has 2 nitrogen and oxygen atoms in total. The largest absolute Gasteiger partial charge is 0.416 e. The van der Waals surface area contributed by atoms with E-state index in [-0.39, 0.29) is 23.1 Å². The minimum Gasteiger partial charge on any atom is -0.323 e. The van der Waals surface area contributed by atoms with E-state index in [9.17, 15) is 22.4 Å². The highest BCUT2D eigenvalue weighted by Crippen LogP contribution is 2.31. The SMILES string of the molecule is Cc1cc(F)c(NC(=O)Cc2cccc(C(F)(F)F)c2)cc1C(C)(C)C. The van der Waals surface area contributed by atoms with E-state index in [0.29, 0.717) is 0 Å². The van der Waals surface area contributed by atoms with Gasteiger partial charge in [-0.3, -0.25) is 4.79 Å². The summed E-state index contributed by atoms with van der Waals surface area (Å²) in [6, 6.07) is 7.47. The van der Waals surface area contributed by atoms with Crippen molar-refractivity contribution >= 4 is 11.6 Å². The molecule has 2 aromatic rings. The van der Waals surface area contributed by atoms with Crippen molar-refractivity contribution in [1.82, 2.24) is 0 Å². The lowest BCUT2D eigenvalue weighted by Gasteiger charge is -2.23. The second-order valence-electron chi connectivity index (χ2n) is 7.32. The molecular formula is C20H21F4NO. The van der Waals surface area contributed by atoms with Gasteiger partial charge in [0.15, 0.2) is 0 Å². The van der Waals surface area contributed by atoms with Crippen molar-refractivity contribution < 1.29 is 22.4 Å². The molecule has 26 heavy (non-hydrogen) atoms. The summed E-state index contributed by atoms with van der Waals surface area (Å²) in [5, 5.41) is 2.46. The monoisotopic (exact) mass is 367 g/mol. The number of benzene rings is 2. The van der Waals surface area contributed by atoms with Crippen LogP contribution in [0.2, 0.25) is 0 Å². The Balaban J connectivity index is 2.21. The number of aryl methyl sites for hydroxylation is 1. The Labute approximate surface area is 150 Å². The molecule has 0 saturated carbocycles. The second-order valence-corrected chi connectivity index (χ2v) is 7.32. The van der Waals surface area contributed by atoms with Gasteiger partial charge in [0.05, 0.1) is 17.7 Å². The Kier molecular flexibility index (Phi) is 5.44. The van der Waals surface area contributed by atoms with Crippen molar-refractivity contribution in [3.05, 3.63) is 64.5 Å². The van der Waals surface area contributed by atoms with Gasteiger partial charge in [-0.15, -0.1) is 0 Å². The van der Waals surface area contributed by atoms with Crippen LogP contribution in [0.4, 0.5) is 23.2 Å². The van der Waals surface area contributed by atoms with Crippen molar-refractivity contribution in [2.24, 2.45) is 0 Å². The Hall–Kier alpha value is -2.37. The third-order valence-corrected chi connectivity index (χ3v) is 4.02. The molecule has 2 aromatic carbocycles. The summed E-state index contributed by atoms with van der Waals surface area (Å²) < 4.78 is 52.4. The number of hydrogen-bond donors (Lipinski definition) is 1. The normalized spacial score (nSPS) is 12.2. The van der Waals surface area contributed by atoms with Gasteiger partial charge >= 0.3 is 6.18 Å².